The molecule has 1 aromatic carbocycles. The van der Waals surface area contributed by atoms with E-state index in [4.69, 9.17) is 0 Å². The Morgan fingerprint density at radius 1 is 1.21 bits per heavy atom. The van der Waals surface area contributed by atoms with E-state index in [1.165, 1.54) is 23.6 Å². The minimum absolute atomic E-state index is 0.784. The highest BCUT2D eigenvalue weighted by Gasteiger charge is 2.16. The quantitative estimate of drug-likeness (QED) is 0.914. The van der Waals surface area contributed by atoms with Crippen LogP contribution < -0.4 is 10.2 Å². The Hall–Kier alpha value is -1.61. The lowest BCUT2D eigenvalue weighted by Crippen LogP contribution is -2.34. The van der Waals surface area contributed by atoms with Gasteiger partial charge in [0.15, 0.2) is 0 Å². The Bertz CT molecular complexity index is 541. The van der Waals surface area contributed by atoms with Gasteiger partial charge < -0.3 is 10.2 Å². The minimum Gasteiger partial charge on any atom is -0.359 e. The number of anilines is 1. The number of hydrogen-bond donors (Lipinski definition) is 1. The first kappa shape index (κ1) is 12.4. The SMILES string of the molecule is CN(CC1CCNCC1)c1nccc2ccccc12. The summed E-state index contributed by atoms with van der Waals surface area (Å²) in [5.74, 6) is 1.89. The summed E-state index contributed by atoms with van der Waals surface area (Å²) in [4.78, 5) is 6.90. The summed E-state index contributed by atoms with van der Waals surface area (Å²) < 4.78 is 0. The number of fused-ring (bicyclic) bond motifs is 1. The predicted molar refractivity (Wildman–Crippen MR) is 80.6 cm³/mol. The van der Waals surface area contributed by atoms with Crippen LogP contribution in [-0.4, -0.2) is 31.7 Å². The summed E-state index contributed by atoms with van der Waals surface area (Å²) in [6, 6.07) is 10.6. The molecule has 3 heteroatoms. The number of piperidine rings is 1. The van der Waals surface area contributed by atoms with E-state index in [-0.39, 0.29) is 0 Å². The van der Waals surface area contributed by atoms with Crippen LogP contribution in [0.1, 0.15) is 12.8 Å². The van der Waals surface area contributed by atoms with Gasteiger partial charge in [0.05, 0.1) is 0 Å². The molecule has 0 spiro atoms. The molecule has 0 atom stereocenters. The molecule has 0 amide bonds. The van der Waals surface area contributed by atoms with Crippen molar-refractivity contribution in [3.05, 3.63) is 36.5 Å². The average Bonchev–Trinajstić information content (AvgIpc) is 2.47. The smallest absolute Gasteiger partial charge is 0.136 e. The van der Waals surface area contributed by atoms with Crippen molar-refractivity contribution in [1.82, 2.24) is 10.3 Å². The fourth-order valence-corrected chi connectivity index (χ4v) is 2.95. The summed E-state index contributed by atoms with van der Waals surface area (Å²) in [5, 5.41) is 5.94. The highest BCUT2D eigenvalue weighted by molar-refractivity contribution is 5.91. The fraction of sp³-hybridized carbons (Fsp3) is 0.438. The summed E-state index contributed by atoms with van der Waals surface area (Å²) in [6.07, 6.45) is 4.46. The third-order valence-corrected chi connectivity index (χ3v) is 4.00. The maximum atomic E-state index is 4.58. The van der Waals surface area contributed by atoms with Crippen molar-refractivity contribution >= 4 is 16.6 Å². The van der Waals surface area contributed by atoms with E-state index in [1.807, 2.05) is 6.20 Å². The largest absolute Gasteiger partial charge is 0.359 e. The van der Waals surface area contributed by atoms with Crippen molar-refractivity contribution in [2.75, 3.05) is 31.6 Å². The van der Waals surface area contributed by atoms with E-state index in [9.17, 15) is 0 Å². The molecule has 0 radical (unpaired) electrons. The molecule has 2 aromatic rings. The van der Waals surface area contributed by atoms with Gasteiger partial charge in [0.2, 0.25) is 0 Å². The van der Waals surface area contributed by atoms with Crippen LogP contribution in [-0.2, 0) is 0 Å². The Morgan fingerprint density at radius 2 is 2.00 bits per heavy atom. The Balaban J connectivity index is 1.82. The third-order valence-electron chi connectivity index (χ3n) is 4.00. The maximum absolute atomic E-state index is 4.58. The predicted octanol–water partition coefficient (Wildman–Crippen LogP) is 2.67. The van der Waals surface area contributed by atoms with E-state index in [2.05, 4.69) is 52.6 Å². The van der Waals surface area contributed by atoms with E-state index < -0.39 is 0 Å². The van der Waals surface area contributed by atoms with Gasteiger partial charge in [-0.3, -0.25) is 0 Å². The third kappa shape index (κ3) is 2.71. The van der Waals surface area contributed by atoms with Crippen molar-refractivity contribution in [1.29, 1.82) is 0 Å². The molecule has 1 fully saturated rings. The number of nitrogens with zero attached hydrogens (tertiary/aromatic N) is 2. The zero-order valence-corrected chi connectivity index (χ0v) is 11.5. The lowest BCUT2D eigenvalue weighted by molar-refractivity contribution is 0.377. The summed E-state index contributed by atoms with van der Waals surface area (Å²) in [5.41, 5.74) is 0. The Labute approximate surface area is 114 Å². The molecule has 3 nitrogen and oxygen atoms in total. The van der Waals surface area contributed by atoms with E-state index >= 15 is 0 Å². The molecular weight excluding hydrogens is 234 g/mol. The molecule has 0 aliphatic carbocycles. The van der Waals surface area contributed by atoms with Gasteiger partial charge in [-0.05, 0) is 43.3 Å². The Kier molecular flexibility index (Phi) is 3.65. The number of rotatable bonds is 3. The minimum atomic E-state index is 0.784. The first-order chi connectivity index (χ1) is 9.34. The summed E-state index contributed by atoms with van der Waals surface area (Å²) in [7, 11) is 2.16. The van der Waals surface area contributed by atoms with Crippen LogP contribution >= 0.6 is 0 Å². The van der Waals surface area contributed by atoms with E-state index in [0.717, 1.165) is 31.4 Å². The van der Waals surface area contributed by atoms with Crippen LogP contribution in [0.2, 0.25) is 0 Å². The van der Waals surface area contributed by atoms with Crippen LogP contribution in [0.3, 0.4) is 0 Å². The van der Waals surface area contributed by atoms with Gasteiger partial charge in [0.25, 0.3) is 0 Å². The average molecular weight is 255 g/mol. The van der Waals surface area contributed by atoms with Crippen LogP contribution in [0.5, 0.6) is 0 Å². The van der Waals surface area contributed by atoms with Gasteiger partial charge in [0, 0.05) is 25.2 Å². The van der Waals surface area contributed by atoms with Gasteiger partial charge >= 0.3 is 0 Å². The molecule has 1 saturated heterocycles. The van der Waals surface area contributed by atoms with Crippen molar-refractivity contribution in [3.8, 4) is 0 Å². The summed E-state index contributed by atoms with van der Waals surface area (Å²) >= 11 is 0. The van der Waals surface area contributed by atoms with Crippen molar-refractivity contribution in [2.24, 2.45) is 5.92 Å². The number of aromatic nitrogens is 1. The van der Waals surface area contributed by atoms with Crippen molar-refractivity contribution in [2.45, 2.75) is 12.8 Å². The molecule has 19 heavy (non-hydrogen) atoms. The summed E-state index contributed by atoms with van der Waals surface area (Å²) in [6.45, 7) is 3.41. The highest BCUT2D eigenvalue weighted by Crippen LogP contribution is 2.25. The number of benzene rings is 1. The van der Waals surface area contributed by atoms with Gasteiger partial charge in [-0.15, -0.1) is 0 Å². The molecule has 1 aliphatic rings. The van der Waals surface area contributed by atoms with Gasteiger partial charge in [-0.25, -0.2) is 4.98 Å². The van der Waals surface area contributed by atoms with Crippen LogP contribution in [0, 0.1) is 5.92 Å². The maximum Gasteiger partial charge on any atom is 0.136 e. The molecule has 0 saturated carbocycles. The molecular formula is C16H21N3. The number of pyridine rings is 1. The second kappa shape index (κ2) is 5.57. The van der Waals surface area contributed by atoms with Crippen molar-refractivity contribution in [3.63, 3.8) is 0 Å². The second-order valence-corrected chi connectivity index (χ2v) is 5.43. The Morgan fingerprint density at radius 3 is 2.84 bits per heavy atom. The monoisotopic (exact) mass is 255 g/mol. The molecule has 1 aliphatic heterocycles. The molecule has 2 heterocycles. The molecule has 1 N–H and O–H groups in total. The lowest BCUT2D eigenvalue weighted by Gasteiger charge is -2.28. The second-order valence-electron chi connectivity index (χ2n) is 5.43. The van der Waals surface area contributed by atoms with Gasteiger partial charge in [-0.2, -0.15) is 0 Å². The van der Waals surface area contributed by atoms with Gasteiger partial charge in [-0.1, -0.05) is 24.3 Å². The fourth-order valence-electron chi connectivity index (χ4n) is 2.95. The molecule has 0 unspecified atom stereocenters. The van der Waals surface area contributed by atoms with Crippen LogP contribution in [0.15, 0.2) is 36.5 Å². The van der Waals surface area contributed by atoms with Crippen LogP contribution in [0.25, 0.3) is 10.8 Å². The first-order valence-corrected chi connectivity index (χ1v) is 7.10. The van der Waals surface area contributed by atoms with Gasteiger partial charge in [0.1, 0.15) is 5.82 Å². The topological polar surface area (TPSA) is 28.2 Å². The zero-order chi connectivity index (χ0) is 13.1. The number of hydrogen-bond acceptors (Lipinski definition) is 3. The molecule has 100 valence electrons. The standard InChI is InChI=1S/C16H21N3/c1-19(12-13-6-9-17-10-7-13)16-15-5-3-2-4-14(15)8-11-18-16/h2-5,8,11,13,17H,6-7,9-10,12H2,1H3. The van der Waals surface area contributed by atoms with E-state index in [1.54, 1.807) is 0 Å². The molecule has 3 rings (SSSR count). The number of nitrogens with one attached hydrogen (secondary N) is 1. The molecule has 1 aromatic heterocycles. The zero-order valence-electron chi connectivity index (χ0n) is 11.5. The first-order valence-electron chi connectivity index (χ1n) is 7.10. The van der Waals surface area contributed by atoms with Crippen LogP contribution in [0.4, 0.5) is 5.82 Å². The normalized spacial score (nSPS) is 16.7. The van der Waals surface area contributed by atoms with E-state index in [0.29, 0.717) is 0 Å². The highest BCUT2D eigenvalue weighted by atomic mass is 15.2. The van der Waals surface area contributed by atoms with Crippen molar-refractivity contribution < 1.29 is 0 Å². The molecule has 0 bridgehead atoms. The lowest BCUT2D eigenvalue weighted by atomic mass is 9.97.